The van der Waals surface area contributed by atoms with Crippen LogP contribution in [-0.4, -0.2) is 72.4 Å². The lowest BCUT2D eigenvalue weighted by atomic mass is 10.1. The molecule has 0 bridgehead atoms. The van der Waals surface area contributed by atoms with Crippen LogP contribution in [-0.2, 0) is 29.2 Å². The third-order valence-corrected chi connectivity index (χ3v) is 7.82. The number of benzene rings is 2. The predicted molar refractivity (Wildman–Crippen MR) is 157 cm³/mol. The van der Waals surface area contributed by atoms with Crippen LogP contribution >= 0.6 is 0 Å². The number of fused-ring (bicyclic) bond motifs is 1. The SMILES string of the molecule is COCCn1c(CN2CC3=C(C2)CN(c2cccc(OCc4ccc(C#N)cc4F)n2)C3)nc2ccc(C(=O)OC)cc21. The molecule has 2 aliphatic rings. The molecule has 0 unspecified atom stereocenters. The Morgan fingerprint density at radius 2 is 1.84 bits per heavy atom. The summed E-state index contributed by atoms with van der Waals surface area (Å²) in [7, 11) is 3.05. The molecule has 43 heavy (non-hydrogen) atoms. The quantitative estimate of drug-likeness (QED) is 0.202. The number of rotatable bonds is 10. The third-order valence-electron chi connectivity index (χ3n) is 7.82. The molecule has 0 fully saturated rings. The van der Waals surface area contributed by atoms with Crippen molar-refractivity contribution in [2.75, 3.05) is 51.9 Å². The molecular formula is C32H31FN6O4. The van der Waals surface area contributed by atoms with E-state index in [0.717, 1.165) is 48.9 Å². The highest BCUT2D eigenvalue weighted by atomic mass is 19.1. The zero-order valence-corrected chi connectivity index (χ0v) is 24.0. The Labute approximate surface area is 248 Å². The number of nitrogens with zero attached hydrogens (tertiary/aromatic N) is 6. The lowest BCUT2D eigenvalue weighted by Crippen LogP contribution is -2.30. The Morgan fingerprint density at radius 3 is 2.56 bits per heavy atom. The Balaban J connectivity index is 1.09. The second-order valence-electron chi connectivity index (χ2n) is 10.6. The molecule has 6 rings (SSSR count). The second kappa shape index (κ2) is 12.2. The number of pyridine rings is 1. The summed E-state index contributed by atoms with van der Waals surface area (Å²) in [6, 6.07) is 17.3. The Hall–Kier alpha value is -4.79. The lowest BCUT2D eigenvalue weighted by molar-refractivity contribution is 0.0601. The summed E-state index contributed by atoms with van der Waals surface area (Å²) in [4.78, 5) is 26.3. The van der Waals surface area contributed by atoms with Crippen molar-refractivity contribution < 1.29 is 23.4 Å². The fourth-order valence-electron chi connectivity index (χ4n) is 5.65. The number of halogens is 1. The molecule has 0 N–H and O–H groups in total. The van der Waals surface area contributed by atoms with E-state index >= 15 is 0 Å². The molecule has 0 saturated carbocycles. The zero-order chi connectivity index (χ0) is 29.9. The molecule has 10 nitrogen and oxygen atoms in total. The molecule has 4 aromatic rings. The standard InChI is InChI=1S/C32H31FN6O4/c1-41-11-10-39-28-13-22(32(40)42-2)8-9-27(28)35-30(39)19-37-15-24-17-38(18-25(24)16-37)29-4-3-5-31(36-29)43-20-23-7-6-21(14-34)12-26(23)33/h3-9,12-13H,10-11,15-20H2,1-2H3. The molecule has 0 atom stereocenters. The molecule has 2 aromatic carbocycles. The van der Waals surface area contributed by atoms with Crippen molar-refractivity contribution in [1.82, 2.24) is 19.4 Å². The number of carbonyl (C=O) groups excluding carboxylic acids is 1. The molecule has 2 aromatic heterocycles. The number of aromatic nitrogens is 3. The number of esters is 1. The predicted octanol–water partition coefficient (Wildman–Crippen LogP) is 4.09. The molecule has 0 amide bonds. The van der Waals surface area contributed by atoms with Gasteiger partial charge in [0.15, 0.2) is 0 Å². The molecule has 2 aliphatic heterocycles. The molecule has 0 saturated heterocycles. The van der Waals surface area contributed by atoms with Gasteiger partial charge < -0.3 is 23.7 Å². The van der Waals surface area contributed by atoms with Crippen molar-refractivity contribution in [2.45, 2.75) is 19.7 Å². The van der Waals surface area contributed by atoms with Crippen LogP contribution in [0.15, 0.2) is 65.7 Å². The van der Waals surface area contributed by atoms with E-state index in [1.165, 1.54) is 24.3 Å². The number of nitriles is 1. The average molecular weight is 583 g/mol. The van der Waals surface area contributed by atoms with Gasteiger partial charge in [0.25, 0.3) is 0 Å². The lowest BCUT2D eigenvalue weighted by Gasteiger charge is -2.24. The van der Waals surface area contributed by atoms with E-state index in [2.05, 4.69) is 19.4 Å². The van der Waals surface area contributed by atoms with Gasteiger partial charge in [-0.3, -0.25) is 4.90 Å². The highest BCUT2D eigenvalue weighted by molar-refractivity contribution is 5.93. The fraction of sp³-hybridized carbons (Fsp3) is 0.312. The van der Waals surface area contributed by atoms with Gasteiger partial charge in [0.1, 0.15) is 24.1 Å². The zero-order valence-electron chi connectivity index (χ0n) is 24.0. The van der Waals surface area contributed by atoms with Crippen molar-refractivity contribution >= 4 is 22.8 Å². The minimum Gasteiger partial charge on any atom is -0.473 e. The van der Waals surface area contributed by atoms with Crippen LogP contribution in [0.5, 0.6) is 5.88 Å². The van der Waals surface area contributed by atoms with Crippen LogP contribution in [0.1, 0.15) is 27.3 Å². The number of ether oxygens (including phenoxy) is 3. The normalized spacial score (nSPS) is 14.8. The largest absolute Gasteiger partial charge is 0.473 e. The van der Waals surface area contributed by atoms with E-state index in [1.807, 2.05) is 30.3 Å². The Morgan fingerprint density at radius 1 is 1.02 bits per heavy atom. The Bertz CT molecular complexity index is 1740. The average Bonchev–Trinajstić information content (AvgIpc) is 3.70. The monoisotopic (exact) mass is 582 g/mol. The van der Waals surface area contributed by atoms with Gasteiger partial charge in [0, 0.05) is 51.5 Å². The summed E-state index contributed by atoms with van der Waals surface area (Å²) >= 11 is 0. The van der Waals surface area contributed by atoms with E-state index in [1.54, 1.807) is 31.4 Å². The number of carbonyl (C=O) groups is 1. The minimum absolute atomic E-state index is 0.0247. The maximum absolute atomic E-state index is 14.3. The first-order valence-electron chi connectivity index (χ1n) is 14.0. The van der Waals surface area contributed by atoms with Gasteiger partial charge in [-0.1, -0.05) is 12.1 Å². The highest BCUT2D eigenvalue weighted by Gasteiger charge is 2.31. The van der Waals surface area contributed by atoms with Crippen molar-refractivity contribution in [3.63, 3.8) is 0 Å². The molecule has 0 spiro atoms. The number of hydrogen-bond acceptors (Lipinski definition) is 9. The van der Waals surface area contributed by atoms with Gasteiger partial charge in [0.05, 0.1) is 48.5 Å². The van der Waals surface area contributed by atoms with E-state index in [9.17, 15) is 9.18 Å². The summed E-state index contributed by atoms with van der Waals surface area (Å²) in [5, 5.41) is 8.94. The maximum atomic E-state index is 14.3. The van der Waals surface area contributed by atoms with Crippen LogP contribution in [0.3, 0.4) is 0 Å². The van der Waals surface area contributed by atoms with Gasteiger partial charge in [-0.05, 0) is 47.5 Å². The first-order valence-corrected chi connectivity index (χ1v) is 14.0. The second-order valence-corrected chi connectivity index (χ2v) is 10.6. The summed E-state index contributed by atoms with van der Waals surface area (Å²) in [5.41, 5.74) is 5.60. The number of anilines is 1. The molecule has 4 heterocycles. The van der Waals surface area contributed by atoms with E-state index in [-0.39, 0.29) is 18.1 Å². The number of hydrogen-bond donors (Lipinski definition) is 0. The molecule has 0 aliphatic carbocycles. The van der Waals surface area contributed by atoms with Crippen molar-refractivity contribution in [3.8, 4) is 11.9 Å². The van der Waals surface area contributed by atoms with Crippen molar-refractivity contribution in [1.29, 1.82) is 5.26 Å². The van der Waals surface area contributed by atoms with E-state index in [0.29, 0.717) is 36.7 Å². The van der Waals surface area contributed by atoms with Gasteiger partial charge in [-0.2, -0.15) is 10.2 Å². The van der Waals surface area contributed by atoms with Crippen LogP contribution in [0.4, 0.5) is 10.2 Å². The van der Waals surface area contributed by atoms with Crippen LogP contribution in [0.25, 0.3) is 11.0 Å². The first-order chi connectivity index (χ1) is 20.9. The summed E-state index contributed by atoms with van der Waals surface area (Å²) < 4.78 is 32.4. The van der Waals surface area contributed by atoms with Crippen LogP contribution < -0.4 is 9.64 Å². The fourth-order valence-corrected chi connectivity index (χ4v) is 5.65. The first kappa shape index (κ1) is 28.3. The van der Waals surface area contributed by atoms with E-state index < -0.39 is 5.82 Å². The van der Waals surface area contributed by atoms with Crippen LogP contribution in [0.2, 0.25) is 0 Å². The molecular weight excluding hydrogens is 551 g/mol. The molecule has 11 heteroatoms. The van der Waals surface area contributed by atoms with E-state index in [4.69, 9.17) is 24.5 Å². The smallest absolute Gasteiger partial charge is 0.337 e. The topological polar surface area (TPSA) is 106 Å². The number of methoxy groups -OCH3 is 2. The maximum Gasteiger partial charge on any atom is 0.337 e. The minimum atomic E-state index is -0.472. The third kappa shape index (κ3) is 5.93. The summed E-state index contributed by atoms with van der Waals surface area (Å²) in [5.74, 6) is 1.30. The van der Waals surface area contributed by atoms with Gasteiger partial charge in [-0.15, -0.1) is 0 Å². The number of imidazole rings is 1. The van der Waals surface area contributed by atoms with Crippen LogP contribution in [0, 0.1) is 17.1 Å². The van der Waals surface area contributed by atoms with Crippen molar-refractivity contribution in [3.05, 3.63) is 94.1 Å². The van der Waals surface area contributed by atoms with Gasteiger partial charge >= 0.3 is 5.97 Å². The van der Waals surface area contributed by atoms with Crippen molar-refractivity contribution in [2.24, 2.45) is 0 Å². The highest BCUT2D eigenvalue weighted by Crippen LogP contribution is 2.31. The van der Waals surface area contributed by atoms with Gasteiger partial charge in [-0.25, -0.2) is 14.2 Å². The summed E-state index contributed by atoms with van der Waals surface area (Å²) in [6.45, 7) is 5.07. The molecule has 0 radical (unpaired) electrons. The summed E-state index contributed by atoms with van der Waals surface area (Å²) in [6.07, 6.45) is 0. The molecule has 220 valence electrons. The Kier molecular flexibility index (Phi) is 8.05. The van der Waals surface area contributed by atoms with Gasteiger partial charge in [0.2, 0.25) is 5.88 Å².